The lowest BCUT2D eigenvalue weighted by molar-refractivity contribution is -0.384. The Morgan fingerprint density at radius 3 is 2.63 bits per heavy atom. The average molecular weight is 425 g/mol. The van der Waals surface area contributed by atoms with Gasteiger partial charge in [-0.2, -0.15) is 5.26 Å². The topological polar surface area (TPSA) is 100 Å². The van der Waals surface area contributed by atoms with Crippen molar-refractivity contribution in [3.05, 3.63) is 68.2 Å². The van der Waals surface area contributed by atoms with Crippen LogP contribution in [0.2, 0.25) is 0 Å². The molecule has 0 spiro atoms. The summed E-state index contributed by atoms with van der Waals surface area (Å²) in [5.74, 6) is -0.122. The van der Waals surface area contributed by atoms with Crippen molar-refractivity contribution in [2.24, 2.45) is 0 Å². The molecule has 3 aromatic rings. The number of fused-ring (bicyclic) bond motifs is 1. The highest BCUT2D eigenvalue weighted by Gasteiger charge is 2.22. The van der Waals surface area contributed by atoms with E-state index in [1.165, 1.54) is 30.0 Å². The maximum Gasteiger partial charge on any atom is 0.270 e. The van der Waals surface area contributed by atoms with Crippen molar-refractivity contribution in [2.75, 3.05) is 4.90 Å². The molecule has 1 heterocycles. The van der Waals surface area contributed by atoms with Crippen LogP contribution in [0.1, 0.15) is 18.1 Å². The molecule has 3 rings (SSSR count). The normalized spacial score (nSPS) is 10.4. The lowest BCUT2D eigenvalue weighted by Gasteiger charge is -2.22. The van der Waals surface area contributed by atoms with E-state index in [9.17, 15) is 20.2 Å². The van der Waals surface area contributed by atoms with E-state index in [1.807, 2.05) is 12.1 Å². The molecule has 0 aliphatic rings. The summed E-state index contributed by atoms with van der Waals surface area (Å²) in [7, 11) is 0. The fraction of sp³-hybridized carbons (Fsp3) is 0.105. The summed E-state index contributed by atoms with van der Waals surface area (Å²) < 4.78 is 0.775. The molecule has 1 amide bonds. The van der Waals surface area contributed by atoms with Crippen LogP contribution >= 0.6 is 15.9 Å². The molecule has 0 unspecified atom stereocenters. The molecule has 0 fully saturated rings. The number of anilines is 2. The standard InChI is InChI=1S/C19H13BrN4O3/c1-11-6-17(24(26)27)8-13-7-14(10-21)19(22-18(11)13)23(12(2)25)16-5-3-4-15(20)9-16/h3-9H,1-2H3. The van der Waals surface area contributed by atoms with Crippen molar-refractivity contribution in [1.29, 1.82) is 5.26 Å². The molecule has 7 nitrogen and oxygen atoms in total. The van der Waals surface area contributed by atoms with Gasteiger partial charge >= 0.3 is 0 Å². The second-order valence-electron chi connectivity index (χ2n) is 5.90. The van der Waals surface area contributed by atoms with Gasteiger partial charge in [-0.15, -0.1) is 0 Å². The van der Waals surface area contributed by atoms with Crippen LogP contribution in [0.15, 0.2) is 46.9 Å². The van der Waals surface area contributed by atoms with Gasteiger partial charge in [-0.05, 0) is 36.8 Å². The van der Waals surface area contributed by atoms with Crippen molar-refractivity contribution < 1.29 is 9.72 Å². The average Bonchev–Trinajstić information content (AvgIpc) is 2.61. The number of nitriles is 1. The first-order valence-corrected chi connectivity index (χ1v) is 8.67. The SMILES string of the molecule is CC(=O)N(c1cccc(Br)c1)c1nc2c(C)cc([N+](=O)[O-])cc2cc1C#N. The number of hydrogen-bond donors (Lipinski definition) is 0. The number of halogens is 1. The highest BCUT2D eigenvalue weighted by atomic mass is 79.9. The minimum atomic E-state index is -0.490. The van der Waals surface area contributed by atoms with Gasteiger partial charge in [0.15, 0.2) is 5.82 Å². The maximum atomic E-state index is 12.4. The molecule has 0 atom stereocenters. The summed E-state index contributed by atoms with van der Waals surface area (Å²) in [6.07, 6.45) is 0. The van der Waals surface area contributed by atoms with E-state index < -0.39 is 4.92 Å². The molecule has 27 heavy (non-hydrogen) atoms. The van der Waals surface area contributed by atoms with Crippen LogP contribution < -0.4 is 4.90 Å². The second kappa shape index (κ2) is 7.13. The number of carbonyl (C=O) groups excluding carboxylic acids is 1. The lowest BCUT2D eigenvalue weighted by atomic mass is 10.1. The van der Waals surface area contributed by atoms with Crippen molar-refractivity contribution in [3.63, 3.8) is 0 Å². The predicted molar refractivity (Wildman–Crippen MR) is 105 cm³/mol. The molecule has 2 aromatic carbocycles. The summed E-state index contributed by atoms with van der Waals surface area (Å²) in [6.45, 7) is 3.09. The number of benzene rings is 2. The molecule has 1 aromatic heterocycles. The summed E-state index contributed by atoms with van der Waals surface area (Å²) in [6, 6.07) is 13.4. The number of nitrogens with zero attached hydrogens (tertiary/aromatic N) is 4. The summed E-state index contributed by atoms with van der Waals surface area (Å²) >= 11 is 3.37. The van der Waals surface area contributed by atoms with Gasteiger partial charge in [-0.25, -0.2) is 4.98 Å². The van der Waals surface area contributed by atoms with Crippen molar-refractivity contribution in [3.8, 4) is 6.07 Å². The van der Waals surface area contributed by atoms with Gasteiger partial charge in [-0.1, -0.05) is 22.0 Å². The first-order chi connectivity index (χ1) is 12.8. The minimum absolute atomic E-state index is 0.0751. The fourth-order valence-electron chi connectivity index (χ4n) is 2.86. The van der Waals surface area contributed by atoms with Gasteiger partial charge in [0, 0.05) is 28.9 Å². The number of nitro groups is 1. The van der Waals surface area contributed by atoms with E-state index in [-0.39, 0.29) is 23.0 Å². The zero-order valence-corrected chi connectivity index (χ0v) is 16.0. The molecule has 0 aliphatic carbocycles. The van der Waals surface area contributed by atoms with Gasteiger partial charge in [0.1, 0.15) is 6.07 Å². The summed E-state index contributed by atoms with van der Waals surface area (Å²) in [5, 5.41) is 21.2. The molecule has 134 valence electrons. The van der Waals surface area contributed by atoms with E-state index in [2.05, 4.69) is 20.9 Å². The second-order valence-corrected chi connectivity index (χ2v) is 6.81. The number of non-ortho nitro benzene ring substituents is 1. The highest BCUT2D eigenvalue weighted by molar-refractivity contribution is 9.10. The molecule has 0 aliphatic heterocycles. The summed E-state index contributed by atoms with van der Waals surface area (Å²) in [4.78, 5) is 28.8. The van der Waals surface area contributed by atoms with Crippen LogP contribution in [-0.4, -0.2) is 15.8 Å². The third-order valence-electron chi connectivity index (χ3n) is 4.00. The van der Waals surface area contributed by atoms with Crippen LogP contribution in [0.5, 0.6) is 0 Å². The van der Waals surface area contributed by atoms with Crippen molar-refractivity contribution in [2.45, 2.75) is 13.8 Å². The van der Waals surface area contributed by atoms with Crippen molar-refractivity contribution in [1.82, 2.24) is 4.98 Å². The zero-order chi connectivity index (χ0) is 19.7. The first-order valence-electron chi connectivity index (χ1n) is 7.88. The predicted octanol–water partition coefficient (Wildman–Crippen LogP) is 4.77. The number of hydrogen-bond acceptors (Lipinski definition) is 5. The van der Waals surface area contributed by atoms with E-state index in [0.717, 1.165) is 4.47 Å². The Labute approximate surface area is 163 Å². The number of nitro benzene ring substituents is 1. The van der Waals surface area contributed by atoms with Gasteiger partial charge in [0.2, 0.25) is 5.91 Å². The van der Waals surface area contributed by atoms with E-state index in [1.54, 1.807) is 25.1 Å². The number of aryl methyl sites for hydroxylation is 1. The highest BCUT2D eigenvalue weighted by Crippen LogP contribution is 2.33. The largest absolute Gasteiger partial charge is 0.274 e. The lowest BCUT2D eigenvalue weighted by Crippen LogP contribution is -2.24. The Bertz CT molecular complexity index is 1140. The van der Waals surface area contributed by atoms with Gasteiger partial charge in [0.25, 0.3) is 5.69 Å². The molecule has 0 saturated carbocycles. The van der Waals surface area contributed by atoms with E-state index in [4.69, 9.17) is 0 Å². The van der Waals surface area contributed by atoms with Crippen LogP contribution in [0.25, 0.3) is 10.9 Å². The Kier molecular flexibility index (Phi) is 4.88. The van der Waals surface area contributed by atoms with Crippen LogP contribution in [0.3, 0.4) is 0 Å². The Morgan fingerprint density at radius 2 is 2.04 bits per heavy atom. The van der Waals surface area contributed by atoms with Crippen LogP contribution in [0.4, 0.5) is 17.2 Å². The van der Waals surface area contributed by atoms with Gasteiger partial charge < -0.3 is 0 Å². The van der Waals surface area contributed by atoms with Crippen LogP contribution in [-0.2, 0) is 4.79 Å². The Hall–Kier alpha value is -3.31. The molecule has 0 saturated heterocycles. The van der Waals surface area contributed by atoms with E-state index in [0.29, 0.717) is 22.2 Å². The number of carbonyl (C=O) groups is 1. The molecule has 0 radical (unpaired) electrons. The molecule has 0 N–H and O–H groups in total. The quantitative estimate of drug-likeness (QED) is 0.445. The van der Waals surface area contributed by atoms with E-state index >= 15 is 0 Å². The third kappa shape index (κ3) is 3.50. The minimum Gasteiger partial charge on any atom is -0.274 e. The number of pyridine rings is 1. The number of amides is 1. The Balaban J connectivity index is 2.30. The molecular formula is C19H13BrN4O3. The monoisotopic (exact) mass is 424 g/mol. The van der Waals surface area contributed by atoms with Crippen LogP contribution in [0, 0.1) is 28.4 Å². The molecular weight excluding hydrogens is 412 g/mol. The fourth-order valence-corrected chi connectivity index (χ4v) is 3.25. The van der Waals surface area contributed by atoms with Gasteiger partial charge in [0.05, 0.1) is 21.7 Å². The maximum absolute atomic E-state index is 12.4. The smallest absolute Gasteiger partial charge is 0.270 e. The third-order valence-corrected chi connectivity index (χ3v) is 4.49. The van der Waals surface area contributed by atoms with Crippen molar-refractivity contribution >= 4 is 49.9 Å². The zero-order valence-electron chi connectivity index (χ0n) is 14.4. The number of aromatic nitrogens is 1. The number of rotatable bonds is 3. The van der Waals surface area contributed by atoms with Gasteiger partial charge in [-0.3, -0.25) is 19.8 Å². The first kappa shape index (κ1) is 18.5. The molecule has 0 bridgehead atoms. The summed E-state index contributed by atoms with van der Waals surface area (Å²) in [5.41, 5.74) is 1.71. The molecule has 8 heteroatoms. The Morgan fingerprint density at radius 1 is 1.30 bits per heavy atom.